The van der Waals surface area contributed by atoms with E-state index in [0.717, 1.165) is 0 Å². The highest BCUT2D eigenvalue weighted by Gasteiger charge is 2.66. The third kappa shape index (κ3) is 2.39. The van der Waals surface area contributed by atoms with Crippen molar-refractivity contribution in [2.75, 3.05) is 13.2 Å². The first kappa shape index (κ1) is 17.0. The van der Waals surface area contributed by atoms with Crippen molar-refractivity contribution >= 4 is 10.1 Å². The van der Waals surface area contributed by atoms with E-state index in [-0.39, 0.29) is 11.7 Å². The number of fused-ring (bicyclic) bond motifs is 1. The standard InChI is InChI=1S/C14H19F3O5S/c1-10-4-2-5-11(22-23(18,19)14(15,16)17)12(10)6-3-7-13(12)20-8-9-21-13/h5,10H,2-4,6-9H2,1H3/t10-,12-/m1/s1. The Morgan fingerprint density at radius 2 is 1.91 bits per heavy atom. The smallest absolute Gasteiger partial charge is 0.380 e. The molecule has 2 fully saturated rings. The number of alkyl halides is 3. The highest BCUT2D eigenvalue weighted by atomic mass is 32.2. The van der Waals surface area contributed by atoms with E-state index in [1.54, 1.807) is 0 Å². The Kier molecular flexibility index (Phi) is 3.97. The molecule has 0 aromatic heterocycles. The predicted molar refractivity (Wildman–Crippen MR) is 73.5 cm³/mol. The Hall–Kier alpha value is -0.800. The Balaban J connectivity index is 2.03. The minimum Gasteiger partial charge on any atom is -0.380 e. The van der Waals surface area contributed by atoms with Crippen LogP contribution in [0, 0.1) is 11.3 Å². The molecule has 132 valence electrons. The van der Waals surface area contributed by atoms with Crippen LogP contribution in [0.1, 0.15) is 39.0 Å². The van der Waals surface area contributed by atoms with Gasteiger partial charge in [0.2, 0.25) is 0 Å². The SMILES string of the molecule is C[C@@H]1CCC=C(OS(=O)(=O)C(F)(F)F)[C@@]12CCCC21OCCO1. The van der Waals surface area contributed by atoms with E-state index in [9.17, 15) is 21.6 Å². The van der Waals surface area contributed by atoms with Gasteiger partial charge in [0.1, 0.15) is 5.76 Å². The first-order chi connectivity index (χ1) is 10.6. The van der Waals surface area contributed by atoms with Crippen molar-refractivity contribution in [1.29, 1.82) is 0 Å². The molecule has 1 aliphatic heterocycles. The van der Waals surface area contributed by atoms with E-state index in [0.29, 0.717) is 45.3 Å². The summed E-state index contributed by atoms with van der Waals surface area (Å²) < 4.78 is 77.3. The molecule has 3 aliphatic rings. The molecule has 0 bridgehead atoms. The second-order valence-corrected chi connectivity index (χ2v) is 7.84. The molecule has 9 heteroatoms. The van der Waals surface area contributed by atoms with E-state index in [1.807, 2.05) is 6.92 Å². The second kappa shape index (κ2) is 5.35. The number of halogens is 3. The molecule has 0 radical (unpaired) electrons. The fourth-order valence-corrected chi connectivity index (χ4v) is 4.76. The summed E-state index contributed by atoms with van der Waals surface area (Å²) in [6.45, 7) is 2.57. The lowest BCUT2D eigenvalue weighted by Crippen LogP contribution is -2.52. The van der Waals surface area contributed by atoms with Gasteiger partial charge in [-0.25, -0.2) is 0 Å². The van der Waals surface area contributed by atoms with Crippen molar-refractivity contribution in [1.82, 2.24) is 0 Å². The molecular formula is C14H19F3O5S. The molecule has 1 saturated heterocycles. The van der Waals surface area contributed by atoms with Crippen molar-refractivity contribution in [3.63, 3.8) is 0 Å². The van der Waals surface area contributed by atoms with Crippen LogP contribution in [0.5, 0.6) is 0 Å². The van der Waals surface area contributed by atoms with Crippen molar-refractivity contribution in [3.8, 4) is 0 Å². The lowest BCUT2D eigenvalue weighted by Gasteiger charge is -2.48. The molecule has 0 aromatic carbocycles. The third-order valence-electron chi connectivity index (χ3n) is 5.20. The predicted octanol–water partition coefficient (Wildman–Crippen LogP) is 3.08. The molecule has 0 unspecified atom stereocenters. The van der Waals surface area contributed by atoms with Gasteiger partial charge in [0.05, 0.1) is 18.6 Å². The van der Waals surface area contributed by atoms with Crippen molar-refractivity contribution in [2.24, 2.45) is 11.3 Å². The highest BCUT2D eigenvalue weighted by molar-refractivity contribution is 7.87. The summed E-state index contributed by atoms with van der Waals surface area (Å²) in [5, 5.41) is 0. The summed E-state index contributed by atoms with van der Waals surface area (Å²) in [5.41, 5.74) is -6.45. The average molecular weight is 356 g/mol. The maximum atomic E-state index is 12.7. The van der Waals surface area contributed by atoms with Gasteiger partial charge in [0, 0.05) is 6.42 Å². The maximum absolute atomic E-state index is 12.7. The zero-order valence-electron chi connectivity index (χ0n) is 12.7. The molecule has 23 heavy (non-hydrogen) atoms. The van der Waals surface area contributed by atoms with Gasteiger partial charge in [-0.3, -0.25) is 0 Å². The van der Waals surface area contributed by atoms with E-state index >= 15 is 0 Å². The van der Waals surface area contributed by atoms with Crippen LogP contribution < -0.4 is 0 Å². The van der Waals surface area contributed by atoms with E-state index < -0.39 is 26.8 Å². The Morgan fingerprint density at radius 3 is 2.52 bits per heavy atom. The highest BCUT2D eigenvalue weighted by Crippen LogP contribution is 2.62. The van der Waals surface area contributed by atoms with Gasteiger partial charge >= 0.3 is 15.6 Å². The third-order valence-corrected chi connectivity index (χ3v) is 6.17. The molecule has 2 spiro atoms. The minimum absolute atomic E-state index is 0.105. The Labute approximate surface area is 132 Å². The van der Waals surface area contributed by atoms with Crippen molar-refractivity contribution < 1.29 is 35.2 Å². The number of allylic oxidation sites excluding steroid dienone is 1. The van der Waals surface area contributed by atoms with E-state index in [4.69, 9.17) is 9.47 Å². The summed E-state index contributed by atoms with van der Waals surface area (Å²) in [6, 6.07) is 0. The minimum atomic E-state index is -5.71. The number of hydrogen-bond acceptors (Lipinski definition) is 5. The first-order valence-corrected chi connectivity index (χ1v) is 9.05. The van der Waals surface area contributed by atoms with Crippen LogP contribution in [-0.4, -0.2) is 32.9 Å². The van der Waals surface area contributed by atoms with Crippen LogP contribution in [-0.2, 0) is 23.8 Å². The number of hydrogen-bond donors (Lipinski definition) is 0. The Bertz CT molecular complexity index is 601. The van der Waals surface area contributed by atoms with Crippen LogP contribution in [0.15, 0.2) is 11.8 Å². The van der Waals surface area contributed by atoms with Gasteiger partial charge in [-0.05, 0) is 37.7 Å². The fraction of sp³-hybridized carbons (Fsp3) is 0.857. The topological polar surface area (TPSA) is 61.8 Å². The lowest BCUT2D eigenvalue weighted by molar-refractivity contribution is -0.233. The quantitative estimate of drug-likeness (QED) is 0.562. The lowest BCUT2D eigenvalue weighted by atomic mass is 9.65. The maximum Gasteiger partial charge on any atom is 0.534 e. The van der Waals surface area contributed by atoms with Gasteiger partial charge in [0.25, 0.3) is 0 Å². The van der Waals surface area contributed by atoms with Gasteiger partial charge in [-0.15, -0.1) is 0 Å². The van der Waals surface area contributed by atoms with Crippen molar-refractivity contribution in [2.45, 2.75) is 50.3 Å². The number of ether oxygens (including phenoxy) is 2. The van der Waals surface area contributed by atoms with Gasteiger partial charge in [-0.1, -0.05) is 6.92 Å². The number of rotatable bonds is 2. The van der Waals surface area contributed by atoms with Gasteiger partial charge < -0.3 is 13.7 Å². The zero-order valence-corrected chi connectivity index (χ0v) is 13.5. The second-order valence-electron chi connectivity index (χ2n) is 6.30. The van der Waals surface area contributed by atoms with Crippen molar-refractivity contribution in [3.05, 3.63) is 11.8 Å². The molecular weight excluding hydrogens is 337 g/mol. The molecule has 5 nitrogen and oxygen atoms in total. The molecule has 3 rings (SSSR count). The van der Waals surface area contributed by atoms with Crippen LogP contribution in [0.4, 0.5) is 13.2 Å². The molecule has 0 amide bonds. The average Bonchev–Trinajstić information content (AvgIpc) is 3.04. The molecule has 1 saturated carbocycles. The normalized spacial score (nSPS) is 34.1. The molecule has 0 N–H and O–H groups in total. The summed E-state index contributed by atoms with van der Waals surface area (Å²) in [5.74, 6) is -1.36. The summed E-state index contributed by atoms with van der Waals surface area (Å²) in [6.07, 6.45) is 4.30. The van der Waals surface area contributed by atoms with Crippen LogP contribution in [0.3, 0.4) is 0 Å². The van der Waals surface area contributed by atoms with Gasteiger partial charge in [-0.2, -0.15) is 21.6 Å². The fourth-order valence-electron chi connectivity index (χ4n) is 4.21. The monoisotopic (exact) mass is 356 g/mol. The van der Waals surface area contributed by atoms with Crippen LogP contribution in [0.25, 0.3) is 0 Å². The summed E-state index contributed by atoms with van der Waals surface area (Å²) >= 11 is 0. The largest absolute Gasteiger partial charge is 0.534 e. The van der Waals surface area contributed by atoms with Gasteiger partial charge in [0.15, 0.2) is 5.79 Å². The summed E-state index contributed by atoms with van der Waals surface area (Å²) in [4.78, 5) is 0. The molecule has 0 aromatic rings. The zero-order chi connectivity index (χ0) is 16.9. The van der Waals surface area contributed by atoms with Crippen LogP contribution in [0.2, 0.25) is 0 Å². The molecule has 2 aliphatic carbocycles. The molecule has 2 atom stereocenters. The summed E-state index contributed by atoms with van der Waals surface area (Å²) in [7, 11) is -5.71. The van der Waals surface area contributed by atoms with E-state index in [1.165, 1.54) is 6.08 Å². The van der Waals surface area contributed by atoms with E-state index in [2.05, 4.69) is 4.18 Å². The first-order valence-electron chi connectivity index (χ1n) is 7.64. The van der Waals surface area contributed by atoms with Crippen LogP contribution >= 0.6 is 0 Å². The molecule has 1 heterocycles. The Morgan fingerprint density at radius 1 is 1.26 bits per heavy atom.